The Labute approximate surface area is 123 Å². The number of nitrogen functional groups attached to an aromatic ring is 1. The molecule has 1 amide bonds. The molecule has 0 saturated carbocycles. The molecule has 0 radical (unpaired) electrons. The maximum absolute atomic E-state index is 11.6. The molecule has 0 unspecified atom stereocenters. The number of nitrogens with zero attached hydrogens (tertiary/aromatic N) is 1. The molecule has 0 spiro atoms. The Balaban J connectivity index is 2.16. The van der Waals surface area contributed by atoms with E-state index in [4.69, 9.17) is 5.84 Å². The third kappa shape index (κ3) is 2.19. The number of H-pyrrole nitrogens is 1. The smallest absolute Gasteiger partial charge is 0.265 e. The number of rotatable bonds is 2. The summed E-state index contributed by atoms with van der Waals surface area (Å²) in [4.78, 5) is 19.3. The zero-order chi connectivity index (χ0) is 14.1. The van der Waals surface area contributed by atoms with E-state index in [2.05, 4.69) is 31.3 Å². The predicted molar refractivity (Wildman–Crippen MR) is 80.9 cm³/mol. The summed E-state index contributed by atoms with van der Waals surface area (Å²) in [6, 6.07) is 13.2. The summed E-state index contributed by atoms with van der Waals surface area (Å²) in [5.74, 6) is 5.57. The summed E-state index contributed by atoms with van der Waals surface area (Å²) in [5.41, 5.74) is 5.12. The first-order valence-electron chi connectivity index (χ1n) is 5.94. The maximum atomic E-state index is 11.6. The van der Waals surface area contributed by atoms with Crippen LogP contribution in [0.15, 0.2) is 46.9 Å². The lowest BCUT2D eigenvalue weighted by atomic mass is 10.2. The summed E-state index contributed by atoms with van der Waals surface area (Å²) in [6.45, 7) is 0. The molecule has 0 fully saturated rings. The topological polar surface area (TPSA) is 83.8 Å². The van der Waals surface area contributed by atoms with E-state index >= 15 is 0 Å². The highest BCUT2D eigenvalue weighted by atomic mass is 79.9. The Morgan fingerprint density at radius 1 is 1.25 bits per heavy atom. The van der Waals surface area contributed by atoms with Gasteiger partial charge in [-0.05, 0) is 28.1 Å². The Kier molecular flexibility index (Phi) is 3.25. The second kappa shape index (κ2) is 5.07. The molecule has 20 heavy (non-hydrogen) atoms. The van der Waals surface area contributed by atoms with Crippen molar-refractivity contribution < 1.29 is 4.79 Å². The zero-order valence-corrected chi connectivity index (χ0v) is 11.9. The summed E-state index contributed by atoms with van der Waals surface area (Å²) >= 11 is 3.43. The number of aromatic nitrogens is 2. The molecule has 0 saturated heterocycles. The lowest BCUT2D eigenvalue weighted by Crippen LogP contribution is -2.29. The van der Waals surface area contributed by atoms with Crippen LogP contribution in [0, 0.1) is 0 Å². The molecular weight excluding hydrogens is 320 g/mol. The van der Waals surface area contributed by atoms with E-state index in [0.29, 0.717) is 5.56 Å². The predicted octanol–water partition coefficient (Wildman–Crippen LogP) is 2.60. The normalized spacial score (nSPS) is 10.7. The number of imidazole rings is 1. The van der Waals surface area contributed by atoms with Gasteiger partial charge >= 0.3 is 0 Å². The van der Waals surface area contributed by atoms with Gasteiger partial charge in [-0.2, -0.15) is 0 Å². The Hall–Kier alpha value is -2.18. The number of amides is 1. The van der Waals surface area contributed by atoms with Crippen LogP contribution in [0.3, 0.4) is 0 Å². The van der Waals surface area contributed by atoms with Crippen molar-refractivity contribution in [2.75, 3.05) is 0 Å². The second-order valence-electron chi connectivity index (χ2n) is 4.28. The van der Waals surface area contributed by atoms with Gasteiger partial charge in [0, 0.05) is 15.6 Å². The van der Waals surface area contributed by atoms with E-state index in [1.165, 1.54) is 0 Å². The third-order valence-corrected chi connectivity index (χ3v) is 3.59. The van der Waals surface area contributed by atoms with Gasteiger partial charge in [-0.25, -0.2) is 10.8 Å². The molecule has 100 valence electrons. The summed E-state index contributed by atoms with van der Waals surface area (Å²) < 4.78 is 0.743. The van der Waals surface area contributed by atoms with Crippen LogP contribution in [0.5, 0.6) is 0 Å². The average molecular weight is 331 g/mol. The van der Waals surface area contributed by atoms with Crippen LogP contribution < -0.4 is 11.3 Å². The van der Waals surface area contributed by atoms with Crippen molar-refractivity contribution in [2.45, 2.75) is 0 Å². The SMILES string of the molecule is NNC(=O)c1cc(Br)c2nc(-c3ccccc3)[nH]c2c1. The van der Waals surface area contributed by atoms with Crippen molar-refractivity contribution in [3.8, 4) is 11.4 Å². The number of hydrogen-bond acceptors (Lipinski definition) is 3. The molecule has 3 rings (SSSR count). The van der Waals surface area contributed by atoms with Crippen LogP contribution in [-0.2, 0) is 0 Å². The first-order chi connectivity index (χ1) is 9.69. The summed E-state index contributed by atoms with van der Waals surface area (Å²) in [7, 11) is 0. The first-order valence-corrected chi connectivity index (χ1v) is 6.74. The fourth-order valence-electron chi connectivity index (χ4n) is 2.02. The van der Waals surface area contributed by atoms with Crippen molar-refractivity contribution in [3.05, 3.63) is 52.5 Å². The zero-order valence-electron chi connectivity index (χ0n) is 10.4. The third-order valence-electron chi connectivity index (χ3n) is 2.98. The second-order valence-corrected chi connectivity index (χ2v) is 5.13. The van der Waals surface area contributed by atoms with Gasteiger partial charge in [0.15, 0.2) is 0 Å². The average Bonchev–Trinajstić information content (AvgIpc) is 2.92. The number of nitrogens with one attached hydrogen (secondary N) is 2. The minimum atomic E-state index is -0.344. The number of hydrazine groups is 1. The molecule has 0 aliphatic heterocycles. The Bertz CT molecular complexity index is 782. The van der Waals surface area contributed by atoms with Gasteiger partial charge in [0.05, 0.1) is 5.52 Å². The monoisotopic (exact) mass is 330 g/mol. The molecule has 0 aliphatic carbocycles. The number of halogens is 1. The van der Waals surface area contributed by atoms with Crippen molar-refractivity contribution in [1.29, 1.82) is 0 Å². The first kappa shape index (κ1) is 12.8. The number of nitrogens with two attached hydrogens (primary N) is 1. The number of fused-ring (bicyclic) bond motifs is 1. The standard InChI is InChI=1S/C14H11BrN4O/c15-10-6-9(14(20)19-16)7-11-12(10)18-13(17-11)8-4-2-1-3-5-8/h1-7H,16H2,(H,17,18)(H,19,20). The van der Waals surface area contributed by atoms with E-state index in [0.717, 1.165) is 26.9 Å². The van der Waals surface area contributed by atoms with Gasteiger partial charge in [-0.1, -0.05) is 30.3 Å². The number of aromatic amines is 1. The highest BCUT2D eigenvalue weighted by molar-refractivity contribution is 9.10. The van der Waals surface area contributed by atoms with E-state index in [-0.39, 0.29) is 5.91 Å². The van der Waals surface area contributed by atoms with Gasteiger partial charge in [-0.15, -0.1) is 0 Å². The number of carbonyl (C=O) groups is 1. The van der Waals surface area contributed by atoms with Crippen LogP contribution >= 0.6 is 15.9 Å². The van der Waals surface area contributed by atoms with Gasteiger partial charge in [0.25, 0.3) is 5.91 Å². The minimum absolute atomic E-state index is 0.344. The number of carbonyl (C=O) groups excluding carboxylic acids is 1. The molecule has 0 aliphatic rings. The lowest BCUT2D eigenvalue weighted by molar-refractivity contribution is 0.0953. The largest absolute Gasteiger partial charge is 0.338 e. The highest BCUT2D eigenvalue weighted by Gasteiger charge is 2.12. The molecule has 6 heteroatoms. The van der Waals surface area contributed by atoms with Crippen LogP contribution in [0.4, 0.5) is 0 Å². The number of benzene rings is 2. The number of hydrogen-bond donors (Lipinski definition) is 3. The van der Waals surface area contributed by atoms with E-state index in [9.17, 15) is 4.79 Å². The van der Waals surface area contributed by atoms with Crippen molar-refractivity contribution >= 4 is 32.9 Å². The van der Waals surface area contributed by atoms with Crippen molar-refractivity contribution in [1.82, 2.24) is 15.4 Å². The van der Waals surface area contributed by atoms with Gasteiger partial charge in [-0.3, -0.25) is 10.2 Å². The fourth-order valence-corrected chi connectivity index (χ4v) is 2.57. The van der Waals surface area contributed by atoms with Crippen LogP contribution in [0.25, 0.3) is 22.4 Å². The molecule has 2 aromatic carbocycles. The molecule has 5 nitrogen and oxygen atoms in total. The Morgan fingerprint density at radius 2 is 2.00 bits per heavy atom. The van der Waals surface area contributed by atoms with Gasteiger partial charge in [0.1, 0.15) is 11.3 Å². The molecule has 1 heterocycles. The van der Waals surface area contributed by atoms with E-state index in [1.807, 2.05) is 30.3 Å². The minimum Gasteiger partial charge on any atom is -0.338 e. The van der Waals surface area contributed by atoms with Crippen molar-refractivity contribution in [3.63, 3.8) is 0 Å². The molecule has 4 N–H and O–H groups in total. The quantitative estimate of drug-likeness (QED) is 0.383. The molecule has 1 aromatic heterocycles. The van der Waals surface area contributed by atoms with Crippen LogP contribution in [0.1, 0.15) is 10.4 Å². The summed E-state index contributed by atoms with van der Waals surface area (Å²) in [6.07, 6.45) is 0. The van der Waals surface area contributed by atoms with Gasteiger partial charge < -0.3 is 4.98 Å². The molecule has 3 aromatic rings. The summed E-state index contributed by atoms with van der Waals surface area (Å²) in [5, 5.41) is 0. The maximum Gasteiger partial charge on any atom is 0.265 e. The van der Waals surface area contributed by atoms with Crippen molar-refractivity contribution in [2.24, 2.45) is 5.84 Å². The highest BCUT2D eigenvalue weighted by Crippen LogP contribution is 2.27. The fraction of sp³-hybridized carbons (Fsp3) is 0. The van der Waals surface area contributed by atoms with Crippen LogP contribution in [-0.4, -0.2) is 15.9 Å². The molecule has 0 atom stereocenters. The molecular formula is C14H11BrN4O. The molecule has 0 bridgehead atoms. The lowest BCUT2D eigenvalue weighted by Gasteiger charge is -2.00. The van der Waals surface area contributed by atoms with Gasteiger partial charge in [0.2, 0.25) is 0 Å². The van der Waals surface area contributed by atoms with E-state index in [1.54, 1.807) is 12.1 Å². The Morgan fingerprint density at radius 3 is 2.70 bits per heavy atom. The van der Waals surface area contributed by atoms with Crippen LogP contribution in [0.2, 0.25) is 0 Å². The van der Waals surface area contributed by atoms with E-state index < -0.39 is 0 Å².